The van der Waals surface area contributed by atoms with Crippen LogP contribution < -0.4 is 14.8 Å². The van der Waals surface area contributed by atoms with Crippen LogP contribution in [0.15, 0.2) is 47.6 Å². The summed E-state index contributed by atoms with van der Waals surface area (Å²) in [5, 5.41) is 2.90. The van der Waals surface area contributed by atoms with E-state index in [1.54, 1.807) is 36.5 Å². The molecule has 1 saturated heterocycles. The predicted octanol–water partition coefficient (Wildman–Crippen LogP) is 1.64. The Hall–Kier alpha value is -2.65. The van der Waals surface area contributed by atoms with Gasteiger partial charge in [-0.25, -0.2) is 8.42 Å². The third kappa shape index (κ3) is 3.81. The van der Waals surface area contributed by atoms with Crippen LogP contribution in [0.4, 0.5) is 0 Å². The average Bonchev–Trinajstić information content (AvgIpc) is 3.21. The van der Waals surface area contributed by atoms with Gasteiger partial charge in [0.25, 0.3) is 5.91 Å². The summed E-state index contributed by atoms with van der Waals surface area (Å²) in [6.45, 7) is 1.42. The molecule has 3 heterocycles. The van der Waals surface area contributed by atoms with Crippen LogP contribution in [0.3, 0.4) is 0 Å². The van der Waals surface area contributed by atoms with E-state index in [4.69, 9.17) is 9.47 Å². The van der Waals surface area contributed by atoms with E-state index in [0.717, 1.165) is 12.8 Å². The van der Waals surface area contributed by atoms with Crippen LogP contribution in [-0.4, -0.2) is 50.0 Å². The zero-order chi connectivity index (χ0) is 19.6. The van der Waals surface area contributed by atoms with Gasteiger partial charge in [-0.3, -0.25) is 9.78 Å². The van der Waals surface area contributed by atoms with Crippen molar-refractivity contribution in [1.82, 2.24) is 14.6 Å². The van der Waals surface area contributed by atoms with Gasteiger partial charge in [-0.15, -0.1) is 0 Å². The molecule has 1 N–H and O–H groups in total. The number of nitrogens with one attached hydrogen (secondary N) is 1. The number of piperidine rings is 1. The highest BCUT2D eigenvalue weighted by molar-refractivity contribution is 7.89. The number of nitrogens with zero attached hydrogens (tertiary/aromatic N) is 2. The van der Waals surface area contributed by atoms with Gasteiger partial charge in [-0.2, -0.15) is 4.31 Å². The van der Waals surface area contributed by atoms with Gasteiger partial charge in [0.15, 0.2) is 11.5 Å². The first-order valence-electron chi connectivity index (χ1n) is 9.12. The van der Waals surface area contributed by atoms with E-state index in [2.05, 4.69) is 10.3 Å². The number of hydrogen-bond donors (Lipinski definition) is 1. The quantitative estimate of drug-likeness (QED) is 0.815. The number of rotatable bonds is 5. The number of aromatic nitrogens is 1. The normalized spacial score (nSPS) is 19.4. The lowest BCUT2D eigenvalue weighted by Gasteiger charge is -2.32. The van der Waals surface area contributed by atoms with E-state index >= 15 is 0 Å². The fraction of sp³-hybridized carbons (Fsp3) is 0.368. The van der Waals surface area contributed by atoms with Crippen LogP contribution >= 0.6 is 0 Å². The first-order valence-corrected chi connectivity index (χ1v) is 10.6. The van der Waals surface area contributed by atoms with Crippen molar-refractivity contribution >= 4 is 15.9 Å². The molecule has 0 bridgehead atoms. The van der Waals surface area contributed by atoms with Gasteiger partial charge < -0.3 is 14.8 Å². The lowest BCUT2D eigenvalue weighted by atomic mass is 9.99. The lowest BCUT2D eigenvalue weighted by Crippen LogP contribution is -2.43. The van der Waals surface area contributed by atoms with Crippen molar-refractivity contribution in [2.45, 2.75) is 17.7 Å². The molecule has 9 heteroatoms. The molecule has 28 heavy (non-hydrogen) atoms. The minimum Gasteiger partial charge on any atom is -0.454 e. The van der Waals surface area contributed by atoms with Gasteiger partial charge in [0.1, 0.15) is 4.90 Å². The number of amides is 1. The predicted molar refractivity (Wildman–Crippen MR) is 101 cm³/mol. The third-order valence-electron chi connectivity index (χ3n) is 4.94. The Bertz CT molecular complexity index is 965. The minimum absolute atomic E-state index is 0.0538. The molecule has 1 unspecified atom stereocenters. The molecule has 0 aliphatic carbocycles. The summed E-state index contributed by atoms with van der Waals surface area (Å²) < 4.78 is 37.6. The number of sulfonamides is 1. The maximum atomic E-state index is 12.8. The summed E-state index contributed by atoms with van der Waals surface area (Å²) in [4.78, 5) is 16.5. The highest BCUT2D eigenvalue weighted by Gasteiger charge is 2.30. The number of benzene rings is 1. The molecule has 1 fully saturated rings. The smallest absolute Gasteiger partial charge is 0.251 e. The molecule has 4 rings (SSSR count). The topological polar surface area (TPSA) is 97.8 Å². The molecule has 1 aromatic carbocycles. The Morgan fingerprint density at radius 1 is 1.25 bits per heavy atom. The molecule has 8 nitrogen and oxygen atoms in total. The zero-order valence-electron chi connectivity index (χ0n) is 15.2. The van der Waals surface area contributed by atoms with Gasteiger partial charge >= 0.3 is 0 Å². The Morgan fingerprint density at radius 2 is 2.11 bits per heavy atom. The minimum atomic E-state index is -3.56. The number of ether oxygens (including phenoxy) is 2. The average molecular weight is 403 g/mol. The first-order chi connectivity index (χ1) is 13.5. The zero-order valence-corrected chi connectivity index (χ0v) is 16.0. The molecule has 2 aliphatic rings. The van der Waals surface area contributed by atoms with Gasteiger partial charge in [0.05, 0.1) is 0 Å². The lowest BCUT2D eigenvalue weighted by molar-refractivity contribution is 0.0941. The van der Waals surface area contributed by atoms with Gasteiger partial charge in [0, 0.05) is 37.6 Å². The van der Waals surface area contributed by atoms with Crippen molar-refractivity contribution in [3.05, 3.63) is 48.3 Å². The van der Waals surface area contributed by atoms with E-state index in [-0.39, 0.29) is 23.5 Å². The van der Waals surface area contributed by atoms with Crippen LogP contribution in [-0.2, 0) is 10.0 Å². The van der Waals surface area contributed by atoms with Crippen molar-refractivity contribution in [2.75, 3.05) is 26.4 Å². The molecule has 148 valence electrons. The molecule has 0 spiro atoms. The number of hydrogen-bond acceptors (Lipinski definition) is 6. The van der Waals surface area contributed by atoms with E-state index < -0.39 is 10.0 Å². The molecule has 1 atom stereocenters. The summed E-state index contributed by atoms with van der Waals surface area (Å²) in [7, 11) is -3.56. The van der Waals surface area contributed by atoms with Crippen LogP contribution in [0.25, 0.3) is 0 Å². The fourth-order valence-corrected chi connectivity index (χ4v) is 4.96. The molecule has 0 saturated carbocycles. The van der Waals surface area contributed by atoms with Crippen LogP contribution in [0.5, 0.6) is 11.5 Å². The second kappa shape index (κ2) is 7.76. The molecular formula is C19H21N3O5S. The van der Waals surface area contributed by atoms with Crippen molar-refractivity contribution < 1.29 is 22.7 Å². The number of pyridine rings is 1. The van der Waals surface area contributed by atoms with Crippen LogP contribution in [0, 0.1) is 5.92 Å². The second-order valence-corrected chi connectivity index (χ2v) is 8.78. The summed E-state index contributed by atoms with van der Waals surface area (Å²) in [6.07, 6.45) is 4.52. The maximum absolute atomic E-state index is 12.8. The van der Waals surface area contributed by atoms with Crippen molar-refractivity contribution in [1.29, 1.82) is 0 Å². The summed E-state index contributed by atoms with van der Waals surface area (Å²) in [5.41, 5.74) is 0.486. The largest absolute Gasteiger partial charge is 0.454 e. The summed E-state index contributed by atoms with van der Waals surface area (Å²) in [5.74, 6) is 1.02. The molecular weight excluding hydrogens is 382 g/mol. The Morgan fingerprint density at radius 3 is 2.93 bits per heavy atom. The first kappa shape index (κ1) is 18.7. The second-order valence-electron chi connectivity index (χ2n) is 6.84. The van der Waals surface area contributed by atoms with Crippen LogP contribution in [0.1, 0.15) is 23.2 Å². The number of carbonyl (C=O) groups is 1. The highest BCUT2D eigenvalue weighted by atomic mass is 32.2. The van der Waals surface area contributed by atoms with Crippen molar-refractivity contribution in [3.8, 4) is 11.5 Å². The number of fused-ring (bicyclic) bond motifs is 1. The Labute approximate surface area is 163 Å². The van der Waals surface area contributed by atoms with E-state index in [9.17, 15) is 13.2 Å². The van der Waals surface area contributed by atoms with Crippen molar-refractivity contribution in [3.63, 3.8) is 0 Å². The Kier molecular flexibility index (Phi) is 5.19. The standard InChI is InChI=1S/C19H21N3O5S/c23-19(15-5-6-17-18(9-15)27-13-26-17)21-10-14-3-2-8-22(12-14)28(24,25)16-4-1-7-20-11-16/h1,4-7,9,11,14H,2-3,8,10,12-13H2,(H,21,23). The molecule has 1 amide bonds. The SMILES string of the molecule is O=C(NCC1CCCN(S(=O)(=O)c2cccnc2)C1)c1ccc2c(c1)OCO2. The highest BCUT2D eigenvalue weighted by Crippen LogP contribution is 2.32. The van der Waals surface area contributed by atoms with Gasteiger partial charge in [-0.1, -0.05) is 0 Å². The van der Waals surface area contributed by atoms with E-state index in [0.29, 0.717) is 36.7 Å². The van der Waals surface area contributed by atoms with E-state index in [1.165, 1.54) is 10.5 Å². The fourth-order valence-electron chi connectivity index (χ4n) is 3.44. The summed E-state index contributed by atoms with van der Waals surface area (Å²) >= 11 is 0. The molecule has 2 aromatic rings. The van der Waals surface area contributed by atoms with Gasteiger partial charge in [-0.05, 0) is 49.1 Å². The third-order valence-corrected chi connectivity index (χ3v) is 6.79. The monoisotopic (exact) mass is 403 g/mol. The number of carbonyl (C=O) groups excluding carboxylic acids is 1. The molecule has 0 radical (unpaired) electrons. The van der Waals surface area contributed by atoms with E-state index in [1.807, 2.05) is 0 Å². The van der Waals surface area contributed by atoms with Crippen molar-refractivity contribution in [2.24, 2.45) is 5.92 Å². The summed E-state index contributed by atoms with van der Waals surface area (Å²) in [6, 6.07) is 8.20. The van der Waals surface area contributed by atoms with Crippen LogP contribution in [0.2, 0.25) is 0 Å². The molecule has 2 aliphatic heterocycles. The maximum Gasteiger partial charge on any atom is 0.251 e. The van der Waals surface area contributed by atoms with Gasteiger partial charge in [0.2, 0.25) is 16.8 Å². The Balaban J connectivity index is 1.37. The molecule has 1 aromatic heterocycles.